The summed E-state index contributed by atoms with van der Waals surface area (Å²) in [5, 5.41) is 3.47. The highest BCUT2D eigenvalue weighted by molar-refractivity contribution is 5.85. The van der Waals surface area contributed by atoms with E-state index in [1.54, 1.807) is 19.0 Å². The molecule has 1 amide bonds. The van der Waals surface area contributed by atoms with E-state index in [4.69, 9.17) is 0 Å². The van der Waals surface area contributed by atoms with Crippen molar-refractivity contribution in [1.82, 2.24) is 15.1 Å². The molecule has 1 N–H and O–H groups in total. The lowest BCUT2D eigenvalue weighted by atomic mass is 9.82. The highest BCUT2D eigenvalue weighted by Gasteiger charge is 2.35. The number of rotatable bonds is 4. The van der Waals surface area contributed by atoms with Crippen molar-refractivity contribution >= 4 is 11.9 Å². The number of hydrogen-bond acceptors (Lipinski definition) is 2. The van der Waals surface area contributed by atoms with Crippen LogP contribution in [0, 0.1) is 17.8 Å². The maximum atomic E-state index is 11.8. The van der Waals surface area contributed by atoms with E-state index in [9.17, 15) is 4.79 Å². The molecule has 0 aromatic heterocycles. The minimum Gasteiger partial charge on any atom is -0.356 e. The Kier molecular flexibility index (Phi) is 6.09. The second kappa shape index (κ2) is 7.84. The minimum atomic E-state index is 0.0560. The van der Waals surface area contributed by atoms with Crippen molar-refractivity contribution in [2.45, 2.75) is 39.5 Å². The molecule has 1 saturated heterocycles. The summed E-state index contributed by atoms with van der Waals surface area (Å²) in [4.78, 5) is 20.4. The number of likely N-dealkylation sites (N-methyl/N-ethyl adjacent to an activating group) is 1. The van der Waals surface area contributed by atoms with Crippen molar-refractivity contribution in [2.24, 2.45) is 22.7 Å². The van der Waals surface area contributed by atoms with E-state index >= 15 is 0 Å². The van der Waals surface area contributed by atoms with Gasteiger partial charge in [-0.15, -0.1) is 0 Å². The first-order chi connectivity index (χ1) is 10.5. The van der Waals surface area contributed by atoms with Crippen molar-refractivity contribution in [1.29, 1.82) is 0 Å². The number of fused-ring (bicyclic) bond motifs is 1. The lowest BCUT2D eigenvalue weighted by Crippen LogP contribution is -2.42. The second-order valence-electron chi connectivity index (χ2n) is 7.41. The van der Waals surface area contributed by atoms with Crippen LogP contribution in [0.1, 0.15) is 39.5 Å². The lowest BCUT2D eigenvalue weighted by Gasteiger charge is -2.23. The zero-order chi connectivity index (χ0) is 16.1. The normalized spacial score (nSPS) is 25.3. The van der Waals surface area contributed by atoms with Crippen molar-refractivity contribution in [3.05, 3.63) is 0 Å². The first kappa shape index (κ1) is 17.1. The van der Waals surface area contributed by atoms with Gasteiger partial charge in [0.15, 0.2) is 5.96 Å². The Hall–Kier alpha value is -1.26. The third-order valence-electron chi connectivity index (χ3n) is 4.81. The molecule has 0 radical (unpaired) electrons. The summed E-state index contributed by atoms with van der Waals surface area (Å²) in [6, 6.07) is 0. The number of carbonyl (C=O) groups is 1. The Morgan fingerprint density at radius 1 is 1.23 bits per heavy atom. The van der Waals surface area contributed by atoms with E-state index in [1.807, 2.05) is 0 Å². The molecule has 5 nitrogen and oxygen atoms in total. The summed E-state index contributed by atoms with van der Waals surface area (Å²) in [6.07, 6.45) is 5.46. The molecule has 2 unspecified atom stereocenters. The van der Waals surface area contributed by atoms with Gasteiger partial charge in [-0.2, -0.15) is 0 Å². The van der Waals surface area contributed by atoms with Gasteiger partial charge in [-0.05, 0) is 30.6 Å². The number of carbonyl (C=O) groups excluding carboxylic acids is 1. The molecule has 1 aliphatic carbocycles. The SMILES string of the molecule is CC(C)CNC(=NCC(=O)N(C)C)N1CC2CCCCC2C1. The number of hydrogen-bond donors (Lipinski definition) is 1. The van der Waals surface area contributed by atoms with Crippen LogP contribution in [-0.4, -0.2) is 61.9 Å². The van der Waals surface area contributed by atoms with Crippen LogP contribution in [0.2, 0.25) is 0 Å². The van der Waals surface area contributed by atoms with Gasteiger partial charge in [-0.1, -0.05) is 26.7 Å². The van der Waals surface area contributed by atoms with Crippen molar-refractivity contribution in [2.75, 3.05) is 40.3 Å². The third-order valence-corrected chi connectivity index (χ3v) is 4.81. The predicted molar refractivity (Wildman–Crippen MR) is 90.9 cm³/mol. The molecular weight excluding hydrogens is 276 g/mol. The standard InChI is InChI=1S/C17H32N4O/c1-13(2)9-18-17(19-10-16(22)20(3)4)21-11-14-7-5-6-8-15(14)12-21/h13-15H,5-12H2,1-4H3,(H,18,19). The van der Waals surface area contributed by atoms with E-state index in [-0.39, 0.29) is 12.5 Å². The smallest absolute Gasteiger partial charge is 0.243 e. The molecule has 0 aromatic rings. The number of aliphatic imine (C=N–C) groups is 1. The quantitative estimate of drug-likeness (QED) is 0.636. The van der Waals surface area contributed by atoms with Crippen LogP contribution >= 0.6 is 0 Å². The molecule has 126 valence electrons. The van der Waals surface area contributed by atoms with E-state index in [1.165, 1.54) is 25.7 Å². The van der Waals surface area contributed by atoms with Crippen molar-refractivity contribution in [3.8, 4) is 0 Å². The van der Waals surface area contributed by atoms with Gasteiger partial charge in [0.1, 0.15) is 6.54 Å². The molecular formula is C17H32N4O. The summed E-state index contributed by atoms with van der Waals surface area (Å²) in [6.45, 7) is 7.73. The van der Waals surface area contributed by atoms with Gasteiger partial charge in [-0.3, -0.25) is 4.79 Å². The van der Waals surface area contributed by atoms with Crippen molar-refractivity contribution in [3.63, 3.8) is 0 Å². The largest absolute Gasteiger partial charge is 0.356 e. The average Bonchev–Trinajstić information content (AvgIpc) is 2.90. The molecule has 1 aliphatic heterocycles. The molecule has 2 rings (SSSR count). The molecule has 0 spiro atoms. The van der Waals surface area contributed by atoms with Crippen LogP contribution in [0.4, 0.5) is 0 Å². The summed E-state index contributed by atoms with van der Waals surface area (Å²) in [5.41, 5.74) is 0. The molecule has 1 heterocycles. The zero-order valence-corrected chi connectivity index (χ0v) is 14.6. The van der Waals surface area contributed by atoms with Gasteiger partial charge in [0.2, 0.25) is 5.91 Å². The average molecular weight is 308 g/mol. The lowest BCUT2D eigenvalue weighted by molar-refractivity contribution is -0.127. The Labute approximate surface area is 135 Å². The van der Waals surface area contributed by atoms with Gasteiger partial charge < -0.3 is 15.1 Å². The van der Waals surface area contributed by atoms with Gasteiger partial charge >= 0.3 is 0 Å². The van der Waals surface area contributed by atoms with Crippen LogP contribution in [0.15, 0.2) is 4.99 Å². The first-order valence-corrected chi connectivity index (χ1v) is 8.70. The van der Waals surface area contributed by atoms with Crippen LogP contribution in [0.5, 0.6) is 0 Å². The molecule has 0 bridgehead atoms. The maximum absolute atomic E-state index is 11.8. The monoisotopic (exact) mass is 308 g/mol. The first-order valence-electron chi connectivity index (χ1n) is 8.70. The molecule has 2 aliphatic rings. The molecule has 0 aromatic carbocycles. The van der Waals surface area contributed by atoms with Gasteiger partial charge in [0.05, 0.1) is 0 Å². The van der Waals surface area contributed by atoms with Crippen LogP contribution in [0.3, 0.4) is 0 Å². The van der Waals surface area contributed by atoms with Crippen LogP contribution < -0.4 is 5.32 Å². The topological polar surface area (TPSA) is 47.9 Å². The van der Waals surface area contributed by atoms with E-state index in [2.05, 4.69) is 29.1 Å². The van der Waals surface area contributed by atoms with E-state index in [0.717, 1.165) is 37.4 Å². The minimum absolute atomic E-state index is 0.0560. The summed E-state index contributed by atoms with van der Waals surface area (Å²) in [5.74, 6) is 3.20. The van der Waals surface area contributed by atoms with Crippen LogP contribution in [0.25, 0.3) is 0 Å². The number of nitrogens with one attached hydrogen (secondary N) is 1. The highest BCUT2D eigenvalue weighted by atomic mass is 16.2. The molecule has 1 saturated carbocycles. The van der Waals surface area contributed by atoms with Crippen LogP contribution in [-0.2, 0) is 4.79 Å². The molecule has 5 heteroatoms. The summed E-state index contributed by atoms with van der Waals surface area (Å²) < 4.78 is 0. The molecule has 2 fully saturated rings. The predicted octanol–water partition coefficient (Wildman–Crippen LogP) is 1.80. The fourth-order valence-corrected chi connectivity index (χ4v) is 3.43. The van der Waals surface area contributed by atoms with Gasteiger partial charge in [-0.25, -0.2) is 4.99 Å². The van der Waals surface area contributed by atoms with Gasteiger partial charge in [0, 0.05) is 33.7 Å². The number of guanidine groups is 1. The number of nitrogens with zero attached hydrogens (tertiary/aromatic N) is 3. The summed E-state index contributed by atoms with van der Waals surface area (Å²) >= 11 is 0. The number of likely N-dealkylation sites (tertiary alicyclic amines) is 1. The molecule has 2 atom stereocenters. The Balaban J connectivity index is 2.00. The third kappa shape index (κ3) is 4.62. The summed E-state index contributed by atoms with van der Waals surface area (Å²) in [7, 11) is 3.56. The second-order valence-corrected chi connectivity index (χ2v) is 7.41. The Bertz CT molecular complexity index is 391. The number of amides is 1. The Morgan fingerprint density at radius 3 is 2.32 bits per heavy atom. The van der Waals surface area contributed by atoms with Gasteiger partial charge in [0.25, 0.3) is 0 Å². The fraction of sp³-hybridized carbons (Fsp3) is 0.882. The van der Waals surface area contributed by atoms with E-state index in [0.29, 0.717) is 5.92 Å². The van der Waals surface area contributed by atoms with Crippen molar-refractivity contribution < 1.29 is 4.79 Å². The zero-order valence-electron chi connectivity index (χ0n) is 14.6. The maximum Gasteiger partial charge on any atom is 0.243 e. The van der Waals surface area contributed by atoms with E-state index < -0.39 is 0 Å². The Morgan fingerprint density at radius 2 is 1.82 bits per heavy atom. The molecule has 22 heavy (non-hydrogen) atoms. The fourth-order valence-electron chi connectivity index (χ4n) is 3.43. The highest BCUT2D eigenvalue weighted by Crippen LogP contribution is 2.35.